The molecule has 61 heavy (non-hydrogen) atoms. The highest BCUT2D eigenvalue weighted by molar-refractivity contribution is 6.39. The van der Waals surface area contributed by atoms with Crippen LogP contribution < -0.4 is 10.1 Å². The van der Waals surface area contributed by atoms with Crippen molar-refractivity contribution >= 4 is 52.7 Å². The number of imidazole rings is 1. The number of carbonyl (C=O) groups is 2. The maximum Gasteiger partial charge on any atom is 0.418 e. The highest BCUT2D eigenvalue weighted by Crippen LogP contribution is 2.63. The van der Waals surface area contributed by atoms with Crippen molar-refractivity contribution in [1.29, 1.82) is 0 Å². The number of amides is 1. The summed E-state index contributed by atoms with van der Waals surface area (Å²) >= 11 is 13.8. The Labute approximate surface area is 360 Å². The molecule has 2 aliphatic carbocycles. The number of aliphatic carboxylic acids is 1. The number of rotatable bonds is 12. The van der Waals surface area contributed by atoms with Gasteiger partial charge in [-0.25, -0.2) is 9.37 Å². The number of pyridine rings is 1. The fourth-order valence-corrected chi connectivity index (χ4v) is 10.4. The third kappa shape index (κ3) is 8.15. The standard InChI is InChI=1S/C44H46Cl2F4N6O5/c1-54-34-9-16-55(17-14-41-10-12-42(24-41,13-11-41)40(58)59)23-33(34)52-38(54)39(57)53-31-8-4-7-29(37(31)46)28-6-3-5-26(36(28)45)19-30(47)32-20-35(61-2)27(21-51-32)22-56-18-15-43(60,25-56)44(48,49)50/h3-8,19-21,60H,9-18,22-25H2,1-2H3,(H,53,57)(H,58,59)/b30-19-. The average Bonchev–Trinajstić information content (AvgIpc) is 4.00. The largest absolute Gasteiger partial charge is 0.496 e. The summed E-state index contributed by atoms with van der Waals surface area (Å²) in [5.41, 5.74) is 0.530. The van der Waals surface area contributed by atoms with Crippen molar-refractivity contribution in [2.45, 2.75) is 76.2 Å². The van der Waals surface area contributed by atoms with E-state index in [1.54, 1.807) is 36.4 Å². The molecule has 2 aromatic carbocycles. The molecule has 17 heteroatoms. The van der Waals surface area contributed by atoms with Crippen LogP contribution in [-0.4, -0.2) is 91.5 Å². The number of β-amino-alcohol motifs (C(OH)–C–C–N with tert-alkyl or cyclic N) is 1. The normalized spacial score (nSPS) is 24.3. The number of alkyl halides is 3. The predicted molar refractivity (Wildman–Crippen MR) is 223 cm³/mol. The molecule has 0 radical (unpaired) electrons. The number of carboxylic acid groups (broad SMARTS) is 1. The van der Waals surface area contributed by atoms with Crippen LogP contribution in [0.1, 0.15) is 83.8 Å². The number of fused-ring (bicyclic) bond motifs is 3. The van der Waals surface area contributed by atoms with Crippen LogP contribution in [0.3, 0.4) is 0 Å². The predicted octanol–water partition coefficient (Wildman–Crippen LogP) is 8.80. The topological polar surface area (TPSA) is 133 Å². The van der Waals surface area contributed by atoms with Gasteiger partial charge in [-0.15, -0.1) is 0 Å². The van der Waals surface area contributed by atoms with Gasteiger partial charge in [-0.1, -0.05) is 53.5 Å². The second kappa shape index (κ2) is 16.3. The number of ether oxygens (including phenoxy) is 1. The van der Waals surface area contributed by atoms with E-state index < -0.39 is 47.9 Å². The van der Waals surface area contributed by atoms with E-state index in [0.29, 0.717) is 34.5 Å². The van der Waals surface area contributed by atoms with Crippen LogP contribution in [0.15, 0.2) is 48.7 Å². The van der Waals surface area contributed by atoms with Crippen molar-refractivity contribution in [3.8, 4) is 16.9 Å². The Morgan fingerprint density at radius 2 is 1.74 bits per heavy atom. The van der Waals surface area contributed by atoms with Gasteiger partial charge < -0.3 is 24.8 Å². The number of benzene rings is 2. The monoisotopic (exact) mass is 884 g/mol. The molecule has 4 heterocycles. The zero-order chi connectivity index (χ0) is 43.5. The van der Waals surface area contributed by atoms with E-state index in [-0.39, 0.29) is 45.8 Å². The molecule has 1 unspecified atom stereocenters. The minimum atomic E-state index is -4.76. The smallest absolute Gasteiger partial charge is 0.418 e. The number of likely N-dealkylation sites (tertiary alicyclic amines) is 1. The maximum absolute atomic E-state index is 15.8. The Kier molecular flexibility index (Phi) is 11.5. The summed E-state index contributed by atoms with van der Waals surface area (Å²) < 4.78 is 63.1. The minimum Gasteiger partial charge on any atom is -0.496 e. The molecule has 3 N–H and O–H groups in total. The maximum atomic E-state index is 15.8. The summed E-state index contributed by atoms with van der Waals surface area (Å²) in [6.45, 7) is 1.70. The van der Waals surface area contributed by atoms with Crippen LogP contribution in [0.4, 0.5) is 23.2 Å². The number of carboxylic acids is 1. The number of carbonyl (C=O) groups excluding carboxylic acids is 1. The Morgan fingerprint density at radius 1 is 1.02 bits per heavy atom. The zero-order valence-electron chi connectivity index (χ0n) is 33.7. The molecule has 2 bridgehead atoms. The van der Waals surface area contributed by atoms with Crippen LogP contribution in [-0.2, 0) is 31.4 Å². The van der Waals surface area contributed by atoms with E-state index in [4.69, 9.17) is 32.9 Å². The van der Waals surface area contributed by atoms with E-state index in [1.165, 1.54) is 30.3 Å². The van der Waals surface area contributed by atoms with E-state index in [9.17, 15) is 33.0 Å². The van der Waals surface area contributed by atoms with Crippen LogP contribution in [0.25, 0.3) is 23.0 Å². The van der Waals surface area contributed by atoms with Gasteiger partial charge in [-0.2, -0.15) is 13.2 Å². The quantitative estimate of drug-likeness (QED) is 0.120. The third-order valence-electron chi connectivity index (χ3n) is 13.4. The van der Waals surface area contributed by atoms with Gasteiger partial charge in [0, 0.05) is 80.8 Å². The number of aliphatic hydroxyl groups is 1. The summed E-state index contributed by atoms with van der Waals surface area (Å²) in [4.78, 5) is 38.4. The first-order valence-corrected chi connectivity index (χ1v) is 21.0. The van der Waals surface area contributed by atoms with Gasteiger partial charge in [0.2, 0.25) is 0 Å². The molecule has 8 rings (SSSR count). The van der Waals surface area contributed by atoms with Crippen molar-refractivity contribution in [2.75, 3.05) is 38.6 Å². The lowest BCUT2D eigenvalue weighted by Gasteiger charge is -2.32. The van der Waals surface area contributed by atoms with Gasteiger partial charge >= 0.3 is 12.1 Å². The number of nitrogens with one attached hydrogen (secondary N) is 1. The molecule has 3 fully saturated rings. The number of hydrogen-bond donors (Lipinski definition) is 3. The van der Waals surface area contributed by atoms with Gasteiger partial charge in [-0.05, 0) is 74.6 Å². The highest BCUT2D eigenvalue weighted by Gasteiger charge is 2.58. The Bertz CT molecular complexity index is 2420. The molecule has 4 aliphatic rings. The number of halogens is 6. The van der Waals surface area contributed by atoms with Crippen LogP contribution in [0.2, 0.25) is 10.0 Å². The molecule has 0 spiro atoms. The van der Waals surface area contributed by atoms with Crippen molar-refractivity contribution in [1.82, 2.24) is 24.3 Å². The van der Waals surface area contributed by atoms with Gasteiger partial charge in [-0.3, -0.25) is 24.4 Å². The molecule has 1 amide bonds. The lowest BCUT2D eigenvalue weighted by atomic mass is 9.80. The number of aromatic nitrogens is 3. The number of nitrogens with zero attached hydrogens (tertiary/aromatic N) is 5. The summed E-state index contributed by atoms with van der Waals surface area (Å²) in [7, 11) is 3.18. The molecule has 2 aliphatic heterocycles. The number of hydrogen-bond acceptors (Lipinski definition) is 8. The van der Waals surface area contributed by atoms with Gasteiger partial charge in [0.1, 0.15) is 17.3 Å². The summed E-state index contributed by atoms with van der Waals surface area (Å²) in [6.07, 6.45) is 3.22. The van der Waals surface area contributed by atoms with Crippen molar-refractivity contribution in [3.05, 3.63) is 92.7 Å². The van der Waals surface area contributed by atoms with E-state index >= 15 is 4.39 Å². The highest BCUT2D eigenvalue weighted by atomic mass is 35.5. The summed E-state index contributed by atoms with van der Waals surface area (Å²) in [5, 5.41) is 23.2. The Morgan fingerprint density at radius 3 is 2.41 bits per heavy atom. The van der Waals surface area contributed by atoms with Gasteiger partial charge in [0.05, 0.1) is 34.0 Å². The van der Waals surface area contributed by atoms with Crippen LogP contribution >= 0.6 is 23.2 Å². The molecule has 324 valence electrons. The lowest BCUT2D eigenvalue weighted by molar-refractivity contribution is -0.254. The fraction of sp³-hybridized carbons (Fsp3) is 0.455. The van der Waals surface area contributed by atoms with Crippen molar-refractivity contribution < 1.29 is 42.1 Å². The molecule has 4 aromatic rings. The van der Waals surface area contributed by atoms with Crippen LogP contribution in [0.5, 0.6) is 5.75 Å². The first-order valence-electron chi connectivity index (χ1n) is 20.2. The molecular weight excluding hydrogens is 839 g/mol. The first kappa shape index (κ1) is 43.1. The molecule has 1 saturated heterocycles. The number of methoxy groups -OCH3 is 1. The molecular formula is C44H46Cl2F4N6O5. The Hall–Kier alpha value is -4.54. The van der Waals surface area contributed by atoms with E-state index in [2.05, 4.69) is 15.2 Å². The van der Waals surface area contributed by atoms with Crippen LogP contribution in [0, 0.1) is 10.8 Å². The first-order chi connectivity index (χ1) is 28.9. The SMILES string of the molecule is COc1cc(/C(F)=C/c2cccc(-c3cccc(NC(=O)c4nc5c(n4C)CCN(CCC46CCC(C(=O)O)(CC4)C6)C5)c3Cl)c2Cl)ncc1CN1CCC(O)(C(F)(F)F)C1. The zero-order valence-corrected chi connectivity index (χ0v) is 35.2. The molecule has 11 nitrogen and oxygen atoms in total. The molecule has 2 saturated carbocycles. The van der Waals surface area contributed by atoms with Gasteiger partial charge in [0.15, 0.2) is 11.4 Å². The van der Waals surface area contributed by atoms with Gasteiger partial charge in [0.25, 0.3) is 5.91 Å². The van der Waals surface area contributed by atoms with Crippen molar-refractivity contribution in [2.24, 2.45) is 17.9 Å². The van der Waals surface area contributed by atoms with E-state index in [0.717, 1.165) is 69.4 Å². The van der Waals surface area contributed by atoms with Crippen molar-refractivity contribution in [3.63, 3.8) is 0 Å². The third-order valence-corrected chi connectivity index (χ3v) is 14.3. The van der Waals surface area contributed by atoms with E-state index in [1.807, 2.05) is 11.6 Å². The fourth-order valence-electron chi connectivity index (χ4n) is 9.81. The Balaban J connectivity index is 0.940. The minimum absolute atomic E-state index is 0.0105. The lowest BCUT2D eigenvalue weighted by Crippen LogP contribution is -2.47. The second-order valence-electron chi connectivity index (χ2n) is 17.1. The average molecular weight is 886 g/mol. The molecule has 1 atom stereocenters. The second-order valence-corrected chi connectivity index (χ2v) is 17.9. The molecule has 2 aromatic heterocycles. The number of anilines is 1. The summed E-state index contributed by atoms with van der Waals surface area (Å²) in [6, 6.07) is 11.5. The summed E-state index contributed by atoms with van der Waals surface area (Å²) in [5.74, 6) is -1.38.